The number of hydrogen-bond acceptors (Lipinski definition) is 3. The summed E-state index contributed by atoms with van der Waals surface area (Å²) in [5.74, 6) is 2.40. The van der Waals surface area contributed by atoms with Gasteiger partial charge >= 0.3 is 6.03 Å². The van der Waals surface area contributed by atoms with Gasteiger partial charge in [0.15, 0.2) is 0 Å². The van der Waals surface area contributed by atoms with Gasteiger partial charge < -0.3 is 15.5 Å². The summed E-state index contributed by atoms with van der Waals surface area (Å²) in [5, 5.41) is 10.6. The van der Waals surface area contributed by atoms with Gasteiger partial charge in [-0.25, -0.2) is 4.79 Å². The molecule has 2 N–H and O–H groups in total. The van der Waals surface area contributed by atoms with E-state index < -0.39 is 0 Å². The average molecular weight is 450 g/mol. The number of carbonyl (C=O) groups is 2. The van der Waals surface area contributed by atoms with E-state index in [1.54, 1.807) is 11.9 Å². The lowest BCUT2D eigenvalue weighted by atomic mass is 9.53. The third-order valence-corrected chi connectivity index (χ3v) is 7.76. The molecule has 33 heavy (non-hydrogen) atoms. The number of benzene rings is 1. The van der Waals surface area contributed by atoms with Crippen LogP contribution < -0.4 is 10.6 Å². The Morgan fingerprint density at radius 1 is 1.06 bits per heavy atom. The molecule has 4 aliphatic carbocycles. The first-order chi connectivity index (χ1) is 16.0. The van der Waals surface area contributed by atoms with Crippen molar-refractivity contribution in [3.8, 4) is 0 Å². The second-order valence-corrected chi connectivity index (χ2v) is 10.6. The van der Waals surface area contributed by atoms with Crippen LogP contribution in [0.2, 0.25) is 0 Å². The largest absolute Gasteiger partial charge is 0.341 e. The molecule has 7 nitrogen and oxygen atoms in total. The summed E-state index contributed by atoms with van der Waals surface area (Å²) in [6, 6.07) is 10.1. The van der Waals surface area contributed by atoms with Crippen LogP contribution in [-0.2, 0) is 17.9 Å². The lowest BCUT2D eigenvalue weighted by Crippen LogP contribution is -2.61. The molecule has 4 saturated carbocycles. The van der Waals surface area contributed by atoms with Crippen molar-refractivity contribution in [3.63, 3.8) is 0 Å². The lowest BCUT2D eigenvalue weighted by molar-refractivity contribution is -0.130. The second kappa shape index (κ2) is 9.20. The normalized spacial score (nSPS) is 27.4. The van der Waals surface area contributed by atoms with E-state index in [1.807, 2.05) is 35.3 Å². The zero-order valence-corrected chi connectivity index (χ0v) is 19.5. The standard InChI is InChI=1S/C26H35N5O2/c1-30(16-23-15-28-31(18-23)17-19-5-3-2-4-6-19)24(32)7-8-27-25(33)29-26-12-20-9-21(13-26)11-22(10-20)14-26/h2-6,15,18,20-22H,7-14,16-17H2,1H3,(H2,27,29,33). The first-order valence-corrected chi connectivity index (χ1v) is 12.3. The van der Waals surface area contributed by atoms with Crippen LogP contribution in [0.1, 0.15) is 56.1 Å². The van der Waals surface area contributed by atoms with Gasteiger partial charge in [0.1, 0.15) is 0 Å². The highest BCUT2D eigenvalue weighted by atomic mass is 16.2. The summed E-state index contributed by atoms with van der Waals surface area (Å²) in [4.78, 5) is 26.8. The summed E-state index contributed by atoms with van der Waals surface area (Å²) in [7, 11) is 1.80. The topological polar surface area (TPSA) is 79.3 Å². The van der Waals surface area contributed by atoms with Crippen LogP contribution in [-0.4, -0.2) is 45.8 Å². The summed E-state index contributed by atoms with van der Waals surface area (Å²) < 4.78 is 1.89. The number of aromatic nitrogens is 2. The maximum absolute atomic E-state index is 12.6. The number of carbonyl (C=O) groups excluding carboxylic acids is 2. The van der Waals surface area contributed by atoms with Crippen molar-refractivity contribution >= 4 is 11.9 Å². The Bertz CT molecular complexity index is 950. The fourth-order valence-corrected chi connectivity index (χ4v) is 6.73. The summed E-state index contributed by atoms with van der Waals surface area (Å²) in [6.07, 6.45) is 11.5. The maximum atomic E-state index is 12.6. The Hall–Kier alpha value is -2.83. The second-order valence-electron chi connectivity index (χ2n) is 10.6. The predicted molar refractivity (Wildman–Crippen MR) is 126 cm³/mol. The molecule has 0 unspecified atom stereocenters. The first-order valence-electron chi connectivity index (χ1n) is 12.3. The zero-order chi connectivity index (χ0) is 22.8. The quantitative estimate of drug-likeness (QED) is 0.647. The van der Waals surface area contributed by atoms with Crippen molar-refractivity contribution in [1.29, 1.82) is 0 Å². The Balaban J connectivity index is 1.04. The molecule has 6 rings (SSSR count). The molecule has 3 amide bonds. The molecule has 1 aromatic heterocycles. The van der Waals surface area contributed by atoms with E-state index in [4.69, 9.17) is 0 Å². The number of amides is 3. The number of hydrogen-bond donors (Lipinski definition) is 2. The van der Waals surface area contributed by atoms with Crippen LogP contribution in [0.4, 0.5) is 4.79 Å². The van der Waals surface area contributed by atoms with Gasteiger partial charge in [-0.2, -0.15) is 5.10 Å². The smallest absolute Gasteiger partial charge is 0.315 e. The molecule has 0 aliphatic heterocycles. The Morgan fingerprint density at radius 3 is 2.39 bits per heavy atom. The van der Waals surface area contributed by atoms with E-state index in [0.717, 1.165) is 42.6 Å². The van der Waals surface area contributed by atoms with Crippen molar-refractivity contribution in [2.45, 2.75) is 63.6 Å². The Labute approximate surface area is 195 Å². The van der Waals surface area contributed by atoms with Crippen molar-refractivity contribution in [3.05, 3.63) is 53.9 Å². The molecule has 4 bridgehead atoms. The van der Waals surface area contributed by atoms with Crippen molar-refractivity contribution in [1.82, 2.24) is 25.3 Å². The van der Waals surface area contributed by atoms with Gasteiger partial charge in [0.25, 0.3) is 0 Å². The minimum absolute atomic E-state index is 0.000456. The fraction of sp³-hybridized carbons (Fsp3) is 0.577. The van der Waals surface area contributed by atoms with Gasteiger partial charge in [0, 0.05) is 43.9 Å². The lowest BCUT2D eigenvalue weighted by Gasteiger charge is -2.56. The Morgan fingerprint density at radius 2 is 1.73 bits per heavy atom. The molecule has 4 fully saturated rings. The summed E-state index contributed by atoms with van der Waals surface area (Å²) in [6.45, 7) is 1.57. The van der Waals surface area contributed by atoms with Crippen LogP contribution in [0.25, 0.3) is 0 Å². The van der Waals surface area contributed by atoms with Crippen LogP contribution in [0, 0.1) is 17.8 Å². The van der Waals surface area contributed by atoms with E-state index in [1.165, 1.54) is 24.8 Å². The molecule has 176 valence electrons. The number of nitrogens with one attached hydrogen (secondary N) is 2. The van der Waals surface area contributed by atoms with E-state index >= 15 is 0 Å². The maximum Gasteiger partial charge on any atom is 0.315 e. The highest BCUT2D eigenvalue weighted by Crippen LogP contribution is 2.55. The third kappa shape index (κ3) is 5.23. The number of nitrogens with zero attached hydrogens (tertiary/aromatic N) is 3. The van der Waals surface area contributed by atoms with Gasteiger partial charge in [-0.15, -0.1) is 0 Å². The van der Waals surface area contributed by atoms with Crippen LogP contribution >= 0.6 is 0 Å². The van der Waals surface area contributed by atoms with Gasteiger partial charge in [-0.1, -0.05) is 30.3 Å². The van der Waals surface area contributed by atoms with Crippen molar-refractivity contribution < 1.29 is 9.59 Å². The van der Waals surface area contributed by atoms with Gasteiger partial charge in [0.2, 0.25) is 5.91 Å². The first kappa shape index (κ1) is 22.0. The summed E-state index contributed by atoms with van der Waals surface area (Å²) >= 11 is 0. The molecule has 0 saturated heterocycles. The predicted octanol–water partition coefficient (Wildman–Crippen LogP) is 3.55. The van der Waals surface area contributed by atoms with Crippen LogP contribution in [0.5, 0.6) is 0 Å². The summed E-state index contributed by atoms with van der Waals surface area (Å²) in [5.41, 5.74) is 2.18. The zero-order valence-electron chi connectivity index (χ0n) is 19.5. The molecule has 0 radical (unpaired) electrons. The van der Waals surface area contributed by atoms with E-state index in [0.29, 0.717) is 26.1 Å². The van der Waals surface area contributed by atoms with Gasteiger partial charge in [0.05, 0.1) is 12.7 Å². The van der Waals surface area contributed by atoms with Crippen molar-refractivity contribution in [2.24, 2.45) is 17.8 Å². The molecule has 4 aliphatic rings. The fourth-order valence-electron chi connectivity index (χ4n) is 6.73. The molecule has 1 heterocycles. The van der Waals surface area contributed by atoms with Crippen LogP contribution in [0.3, 0.4) is 0 Å². The van der Waals surface area contributed by atoms with Gasteiger partial charge in [-0.05, 0) is 61.8 Å². The molecular formula is C26H35N5O2. The molecule has 7 heteroatoms. The van der Waals surface area contributed by atoms with E-state index in [2.05, 4.69) is 27.9 Å². The van der Waals surface area contributed by atoms with Crippen LogP contribution in [0.15, 0.2) is 42.7 Å². The number of urea groups is 1. The third-order valence-electron chi connectivity index (χ3n) is 7.76. The Kier molecular flexibility index (Phi) is 6.13. The SMILES string of the molecule is CN(Cc1cnn(Cc2ccccc2)c1)C(=O)CCNC(=O)NC12CC3CC(CC(C3)C1)C2. The minimum Gasteiger partial charge on any atom is -0.341 e. The average Bonchev–Trinajstić information content (AvgIpc) is 3.19. The molecule has 2 aromatic rings. The molecular weight excluding hydrogens is 414 g/mol. The highest BCUT2D eigenvalue weighted by molar-refractivity contribution is 5.78. The monoisotopic (exact) mass is 449 g/mol. The molecule has 0 atom stereocenters. The van der Waals surface area contributed by atoms with E-state index in [-0.39, 0.29) is 17.5 Å². The minimum atomic E-state index is -0.116. The molecule has 1 aromatic carbocycles. The highest BCUT2D eigenvalue weighted by Gasteiger charge is 2.51. The van der Waals surface area contributed by atoms with E-state index in [9.17, 15) is 9.59 Å². The number of rotatable bonds is 8. The molecule has 0 spiro atoms. The van der Waals surface area contributed by atoms with Crippen molar-refractivity contribution in [2.75, 3.05) is 13.6 Å². The van der Waals surface area contributed by atoms with Gasteiger partial charge in [-0.3, -0.25) is 9.48 Å².